The van der Waals surface area contributed by atoms with Crippen molar-refractivity contribution in [2.24, 2.45) is 0 Å². The highest BCUT2D eigenvalue weighted by atomic mass is 32.2. The van der Waals surface area contributed by atoms with Crippen LogP contribution in [0.3, 0.4) is 0 Å². The van der Waals surface area contributed by atoms with E-state index in [2.05, 4.69) is 20.8 Å². The number of thioether (sulfide) groups is 1. The SMILES string of the molecule is COc1cc(C)c(C(=O)CSC(C)(C)C)cc1C. The van der Waals surface area contributed by atoms with Gasteiger partial charge in [0.15, 0.2) is 5.78 Å². The van der Waals surface area contributed by atoms with E-state index in [0.29, 0.717) is 5.75 Å². The van der Waals surface area contributed by atoms with E-state index in [-0.39, 0.29) is 10.5 Å². The van der Waals surface area contributed by atoms with Crippen LogP contribution in [0.1, 0.15) is 42.3 Å². The summed E-state index contributed by atoms with van der Waals surface area (Å²) in [5.74, 6) is 1.56. The Morgan fingerprint density at radius 2 is 1.83 bits per heavy atom. The van der Waals surface area contributed by atoms with Crippen LogP contribution >= 0.6 is 11.8 Å². The van der Waals surface area contributed by atoms with Gasteiger partial charge < -0.3 is 4.74 Å². The van der Waals surface area contributed by atoms with Crippen LogP contribution in [0.15, 0.2) is 12.1 Å². The zero-order valence-corrected chi connectivity index (χ0v) is 12.9. The highest BCUT2D eigenvalue weighted by Crippen LogP contribution is 2.27. The molecule has 0 unspecified atom stereocenters. The summed E-state index contributed by atoms with van der Waals surface area (Å²) in [5.41, 5.74) is 2.80. The van der Waals surface area contributed by atoms with Gasteiger partial charge in [-0.15, -0.1) is 11.8 Å². The first-order valence-corrected chi connectivity index (χ1v) is 7.05. The van der Waals surface area contributed by atoms with Crippen LogP contribution < -0.4 is 4.74 Å². The largest absolute Gasteiger partial charge is 0.496 e. The number of benzene rings is 1. The van der Waals surface area contributed by atoms with Gasteiger partial charge in [-0.25, -0.2) is 0 Å². The topological polar surface area (TPSA) is 26.3 Å². The van der Waals surface area contributed by atoms with Crippen LogP contribution in [0.4, 0.5) is 0 Å². The van der Waals surface area contributed by atoms with Gasteiger partial charge in [0, 0.05) is 10.3 Å². The third-order valence-electron chi connectivity index (χ3n) is 2.68. The van der Waals surface area contributed by atoms with Crippen molar-refractivity contribution in [2.75, 3.05) is 12.9 Å². The van der Waals surface area contributed by atoms with Crippen molar-refractivity contribution in [2.45, 2.75) is 39.4 Å². The summed E-state index contributed by atoms with van der Waals surface area (Å²) in [4.78, 5) is 12.2. The minimum atomic E-state index is 0.116. The fraction of sp³-hybridized carbons (Fsp3) is 0.533. The van der Waals surface area contributed by atoms with Crippen molar-refractivity contribution in [3.63, 3.8) is 0 Å². The van der Waals surface area contributed by atoms with Crippen molar-refractivity contribution in [1.29, 1.82) is 0 Å². The molecule has 0 fully saturated rings. The number of hydrogen-bond donors (Lipinski definition) is 0. The molecule has 1 aromatic carbocycles. The first kappa shape index (κ1) is 15.1. The minimum Gasteiger partial charge on any atom is -0.496 e. The number of carbonyl (C=O) groups is 1. The molecule has 0 aromatic heterocycles. The van der Waals surface area contributed by atoms with E-state index in [1.165, 1.54) is 0 Å². The Hall–Kier alpha value is -0.960. The highest BCUT2D eigenvalue weighted by molar-refractivity contribution is 8.01. The predicted molar refractivity (Wildman–Crippen MR) is 79.0 cm³/mol. The fourth-order valence-corrected chi connectivity index (χ4v) is 2.39. The maximum absolute atomic E-state index is 12.2. The molecule has 1 rings (SSSR count). The molecular weight excluding hydrogens is 244 g/mol. The van der Waals surface area contributed by atoms with E-state index in [0.717, 1.165) is 22.4 Å². The van der Waals surface area contributed by atoms with Crippen molar-refractivity contribution >= 4 is 17.5 Å². The summed E-state index contributed by atoms with van der Waals surface area (Å²) in [7, 11) is 1.65. The van der Waals surface area contributed by atoms with Gasteiger partial charge in [0.2, 0.25) is 0 Å². The fourth-order valence-electron chi connectivity index (χ4n) is 1.67. The molecule has 0 atom stereocenters. The lowest BCUT2D eigenvalue weighted by Gasteiger charge is -2.17. The Kier molecular flexibility index (Phi) is 4.85. The molecule has 0 saturated carbocycles. The van der Waals surface area contributed by atoms with Gasteiger partial charge >= 0.3 is 0 Å². The van der Waals surface area contributed by atoms with Gasteiger partial charge in [-0.2, -0.15) is 0 Å². The maximum atomic E-state index is 12.2. The predicted octanol–water partition coefficient (Wildman–Crippen LogP) is 4.03. The molecule has 0 aliphatic heterocycles. The van der Waals surface area contributed by atoms with E-state index in [1.807, 2.05) is 26.0 Å². The molecule has 2 nitrogen and oxygen atoms in total. The standard InChI is InChI=1S/C15H22O2S/c1-10-8-14(17-6)11(2)7-12(10)13(16)9-18-15(3,4)5/h7-8H,9H2,1-6H3. The average Bonchev–Trinajstić information content (AvgIpc) is 2.27. The molecule has 0 aliphatic rings. The normalized spacial score (nSPS) is 11.4. The molecule has 100 valence electrons. The lowest BCUT2D eigenvalue weighted by molar-refractivity contribution is 0.102. The summed E-state index contributed by atoms with van der Waals surface area (Å²) in [6.45, 7) is 10.3. The number of Topliss-reactive ketones (excluding diaryl/α,β-unsaturated/α-hetero) is 1. The highest BCUT2D eigenvalue weighted by Gasteiger charge is 2.17. The van der Waals surface area contributed by atoms with Gasteiger partial charge in [-0.05, 0) is 37.1 Å². The summed E-state index contributed by atoms with van der Waals surface area (Å²) >= 11 is 1.68. The summed E-state index contributed by atoms with van der Waals surface area (Å²) < 4.78 is 5.37. The first-order valence-electron chi connectivity index (χ1n) is 6.07. The molecule has 1 aromatic rings. The second-order valence-corrected chi connectivity index (χ2v) is 7.26. The number of methoxy groups -OCH3 is 1. The van der Waals surface area contributed by atoms with Crippen LogP contribution in [0.25, 0.3) is 0 Å². The van der Waals surface area contributed by atoms with E-state index in [9.17, 15) is 4.79 Å². The van der Waals surface area contributed by atoms with Crippen LogP contribution in [-0.4, -0.2) is 23.4 Å². The van der Waals surface area contributed by atoms with E-state index >= 15 is 0 Å². The molecule has 3 heteroatoms. The van der Waals surface area contributed by atoms with Crippen LogP contribution in [-0.2, 0) is 0 Å². The molecule has 18 heavy (non-hydrogen) atoms. The van der Waals surface area contributed by atoms with Gasteiger partial charge in [0.1, 0.15) is 5.75 Å². The Labute approximate surface area is 114 Å². The summed E-state index contributed by atoms with van der Waals surface area (Å²) in [5, 5.41) is 0. The maximum Gasteiger partial charge on any atom is 0.173 e. The number of aryl methyl sites for hydroxylation is 2. The van der Waals surface area contributed by atoms with Crippen molar-refractivity contribution in [3.8, 4) is 5.75 Å². The third-order valence-corrected chi connectivity index (χ3v) is 3.95. The van der Waals surface area contributed by atoms with E-state index in [4.69, 9.17) is 4.74 Å². The van der Waals surface area contributed by atoms with Crippen LogP contribution in [0.5, 0.6) is 5.75 Å². The van der Waals surface area contributed by atoms with Crippen molar-refractivity contribution in [3.05, 3.63) is 28.8 Å². The smallest absolute Gasteiger partial charge is 0.173 e. The lowest BCUT2D eigenvalue weighted by atomic mass is 10.0. The first-order chi connectivity index (χ1) is 8.24. The van der Waals surface area contributed by atoms with Crippen LogP contribution in [0, 0.1) is 13.8 Å². The summed E-state index contributed by atoms with van der Waals surface area (Å²) in [6.07, 6.45) is 0. The molecule has 0 N–H and O–H groups in total. The van der Waals surface area contributed by atoms with Crippen molar-refractivity contribution < 1.29 is 9.53 Å². The molecule has 0 heterocycles. The van der Waals surface area contributed by atoms with Gasteiger partial charge in [-0.1, -0.05) is 20.8 Å². The number of rotatable bonds is 4. The third kappa shape index (κ3) is 4.05. The number of ether oxygens (including phenoxy) is 1. The Morgan fingerprint density at radius 3 is 2.33 bits per heavy atom. The molecular formula is C15H22O2S. The Bertz CT molecular complexity index is 445. The van der Waals surface area contributed by atoms with E-state index in [1.54, 1.807) is 18.9 Å². The summed E-state index contributed by atoms with van der Waals surface area (Å²) in [6, 6.07) is 3.87. The molecule has 0 radical (unpaired) electrons. The second-order valence-electron chi connectivity index (χ2n) is 5.46. The minimum absolute atomic E-state index is 0.116. The Balaban J connectivity index is 2.90. The van der Waals surface area contributed by atoms with Crippen LogP contribution in [0.2, 0.25) is 0 Å². The Morgan fingerprint density at radius 1 is 1.22 bits per heavy atom. The van der Waals surface area contributed by atoms with Gasteiger partial charge in [0.05, 0.1) is 12.9 Å². The molecule has 0 spiro atoms. The molecule has 0 saturated heterocycles. The number of ketones is 1. The number of carbonyl (C=O) groups excluding carboxylic acids is 1. The van der Waals surface area contributed by atoms with Gasteiger partial charge in [-0.3, -0.25) is 4.79 Å². The van der Waals surface area contributed by atoms with Gasteiger partial charge in [0.25, 0.3) is 0 Å². The monoisotopic (exact) mass is 266 g/mol. The quantitative estimate of drug-likeness (QED) is 0.770. The lowest BCUT2D eigenvalue weighted by Crippen LogP contribution is -2.14. The zero-order chi connectivity index (χ0) is 13.9. The number of hydrogen-bond acceptors (Lipinski definition) is 3. The van der Waals surface area contributed by atoms with Crippen molar-refractivity contribution in [1.82, 2.24) is 0 Å². The molecule has 0 amide bonds. The molecule has 0 aliphatic carbocycles. The zero-order valence-electron chi connectivity index (χ0n) is 12.1. The second kappa shape index (κ2) is 5.79. The average molecular weight is 266 g/mol. The van der Waals surface area contributed by atoms with E-state index < -0.39 is 0 Å². The molecule has 0 bridgehead atoms.